The Bertz CT molecular complexity index is 390. The highest BCUT2D eigenvalue weighted by molar-refractivity contribution is 5.52. The van der Waals surface area contributed by atoms with Crippen molar-refractivity contribution >= 4 is 5.69 Å². The topological polar surface area (TPSA) is 38.5 Å². The van der Waals surface area contributed by atoms with Crippen molar-refractivity contribution in [2.24, 2.45) is 17.6 Å². The first kappa shape index (κ1) is 15.8. The Morgan fingerprint density at radius 2 is 2.00 bits per heavy atom. The fourth-order valence-electron chi connectivity index (χ4n) is 2.29. The highest BCUT2D eigenvalue weighted by Crippen LogP contribution is 2.26. The summed E-state index contributed by atoms with van der Waals surface area (Å²) in [6, 6.07) is 6.39. The average molecular weight is 264 g/mol. The van der Waals surface area contributed by atoms with Gasteiger partial charge in [0.25, 0.3) is 0 Å². The van der Waals surface area contributed by atoms with E-state index in [2.05, 4.69) is 50.9 Å². The minimum Gasteiger partial charge on any atom is -0.496 e. The van der Waals surface area contributed by atoms with Gasteiger partial charge in [0.2, 0.25) is 0 Å². The van der Waals surface area contributed by atoms with Crippen LogP contribution in [0.1, 0.15) is 26.3 Å². The summed E-state index contributed by atoms with van der Waals surface area (Å²) in [6.07, 6.45) is 0.981. The van der Waals surface area contributed by atoms with Crippen LogP contribution in [0.15, 0.2) is 18.2 Å². The molecule has 3 heteroatoms. The minimum absolute atomic E-state index is 0.525. The van der Waals surface area contributed by atoms with Crippen LogP contribution in [-0.2, 0) is 6.42 Å². The lowest BCUT2D eigenvalue weighted by molar-refractivity contribution is 0.397. The predicted molar refractivity (Wildman–Crippen MR) is 83.0 cm³/mol. The second kappa shape index (κ2) is 7.39. The molecular formula is C16H28N2O. The van der Waals surface area contributed by atoms with Crippen LogP contribution >= 0.6 is 0 Å². The lowest BCUT2D eigenvalue weighted by Gasteiger charge is -2.28. The molecule has 0 fully saturated rings. The molecule has 0 amide bonds. The van der Waals surface area contributed by atoms with Crippen molar-refractivity contribution in [3.8, 4) is 5.75 Å². The fraction of sp³-hybridized carbons (Fsp3) is 0.625. The van der Waals surface area contributed by atoms with Crippen molar-refractivity contribution in [2.75, 3.05) is 32.1 Å². The normalized spacial score (nSPS) is 12.6. The number of methoxy groups -OCH3 is 1. The average Bonchev–Trinajstić information content (AvgIpc) is 2.43. The molecule has 0 aliphatic carbocycles. The third kappa shape index (κ3) is 4.13. The van der Waals surface area contributed by atoms with Gasteiger partial charge in [-0.05, 0) is 48.6 Å². The summed E-state index contributed by atoms with van der Waals surface area (Å²) in [4.78, 5) is 2.29. The molecule has 0 aromatic heterocycles. The molecule has 0 saturated heterocycles. The van der Waals surface area contributed by atoms with Crippen molar-refractivity contribution in [2.45, 2.75) is 27.2 Å². The first-order chi connectivity index (χ1) is 9.03. The second-order valence-electron chi connectivity index (χ2n) is 5.47. The highest BCUT2D eigenvalue weighted by atomic mass is 16.5. The van der Waals surface area contributed by atoms with E-state index in [0.29, 0.717) is 11.8 Å². The van der Waals surface area contributed by atoms with Gasteiger partial charge in [0.05, 0.1) is 7.11 Å². The zero-order valence-electron chi connectivity index (χ0n) is 12.9. The van der Waals surface area contributed by atoms with E-state index >= 15 is 0 Å². The lowest BCUT2D eigenvalue weighted by atomic mass is 9.95. The summed E-state index contributed by atoms with van der Waals surface area (Å²) in [5.74, 6) is 2.10. The van der Waals surface area contributed by atoms with Crippen LogP contribution in [-0.4, -0.2) is 27.2 Å². The smallest absolute Gasteiger partial charge is 0.122 e. The Balaban J connectivity index is 2.84. The highest BCUT2D eigenvalue weighted by Gasteiger charge is 2.15. The first-order valence-corrected chi connectivity index (χ1v) is 7.11. The van der Waals surface area contributed by atoms with Gasteiger partial charge in [-0.2, -0.15) is 0 Å². The van der Waals surface area contributed by atoms with E-state index in [1.807, 2.05) is 0 Å². The van der Waals surface area contributed by atoms with Crippen LogP contribution in [0.5, 0.6) is 5.75 Å². The molecule has 1 rings (SSSR count). The maximum Gasteiger partial charge on any atom is 0.122 e. The summed E-state index contributed by atoms with van der Waals surface area (Å²) >= 11 is 0. The minimum atomic E-state index is 0.525. The molecule has 0 spiro atoms. The Labute approximate surface area is 117 Å². The Kier molecular flexibility index (Phi) is 6.16. The number of hydrogen-bond donors (Lipinski definition) is 1. The van der Waals surface area contributed by atoms with Gasteiger partial charge >= 0.3 is 0 Å². The molecule has 2 N–H and O–H groups in total. The monoisotopic (exact) mass is 264 g/mol. The Hall–Kier alpha value is -1.22. The van der Waals surface area contributed by atoms with Gasteiger partial charge in [-0.3, -0.25) is 0 Å². The molecule has 0 radical (unpaired) electrons. The van der Waals surface area contributed by atoms with Gasteiger partial charge in [0.15, 0.2) is 0 Å². The fourth-order valence-corrected chi connectivity index (χ4v) is 2.29. The molecule has 0 aliphatic rings. The van der Waals surface area contributed by atoms with Crippen LogP contribution in [0.4, 0.5) is 5.69 Å². The number of aryl methyl sites for hydroxylation is 1. The van der Waals surface area contributed by atoms with Gasteiger partial charge in [0.1, 0.15) is 5.75 Å². The van der Waals surface area contributed by atoms with Gasteiger partial charge in [-0.15, -0.1) is 0 Å². The number of ether oxygens (including phenoxy) is 1. The molecule has 0 aliphatic heterocycles. The van der Waals surface area contributed by atoms with Crippen LogP contribution in [0.25, 0.3) is 0 Å². The molecule has 19 heavy (non-hydrogen) atoms. The molecule has 1 unspecified atom stereocenters. The quantitative estimate of drug-likeness (QED) is 0.823. The molecule has 0 heterocycles. The number of anilines is 1. The second-order valence-corrected chi connectivity index (χ2v) is 5.47. The van der Waals surface area contributed by atoms with E-state index in [0.717, 1.165) is 25.3 Å². The van der Waals surface area contributed by atoms with Crippen molar-refractivity contribution < 1.29 is 4.74 Å². The number of rotatable bonds is 7. The van der Waals surface area contributed by atoms with Crippen LogP contribution in [0, 0.1) is 11.8 Å². The van der Waals surface area contributed by atoms with Crippen molar-refractivity contribution in [1.29, 1.82) is 0 Å². The standard InChI is InChI=1S/C16H28N2O/c1-6-13-9-15(7-8-16(13)19-5)18(4)11-14(10-17)12(2)3/h7-9,12,14H,6,10-11,17H2,1-5H3. The number of nitrogens with zero attached hydrogens (tertiary/aromatic N) is 1. The number of hydrogen-bond acceptors (Lipinski definition) is 3. The van der Waals surface area contributed by atoms with E-state index in [9.17, 15) is 0 Å². The maximum absolute atomic E-state index is 5.86. The summed E-state index contributed by atoms with van der Waals surface area (Å²) in [5, 5.41) is 0. The summed E-state index contributed by atoms with van der Waals surface area (Å²) < 4.78 is 5.37. The van der Waals surface area contributed by atoms with Gasteiger partial charge in [0, 0.05) is 19.3 Å². The number of nitrogens with two attached hydrogens (primary N) is 1. The van der Waals surface area contributed by atoms with Crippen molar-refractivity contribution in [3.63, 3.8) is 0 Å². The molecule has 0 saturated carbocycles. The van der Waals surface area contributed by atoms with E-state index in [-0.39, 0.29) is 0 Å². The zero-order valence-corrected chi connectivity index (χ0v) is 12.9. The third-order valence-electron chi connectivity index (χ3n) is 3.84. The molecule has 3 nitrogen and oxygen atoms in total. The largest absolute Gasteiger partial charge is 0.496 e. The van der Waals surface area contributed by atoms with Gasteiger partial charge in [-0.25, -0.2) is 0 Å². The third-order valence-corrected chi connectivity index (χ3v) is 3.84. The lowest BCUT2D eigenvalue weighted by Crippen LogP contribution is -2.33. The zero-order chi connectivity index (χ0) is 14.4. The molecule has 1 atom stereocenters. The van der Waals surface area contributed by atoms with E-state index < -0.39 is 0 Å². The maximum atomic E-state index is 5.86. The summed E-state index contributed by atoms with van der Waals surface area (Å²) in [6.45, 7) is 8.34. The van der Waals surface area contributed by atoms with Crippen LogP contribution in [0.2, 0.25) is 0 Å². The van der Waals surface area contributed by atoms with E-state index in [4.69, 9.17) is 10.5 Å². The van der Waals surface area contributed by atoms with Crippen LogP contribution in [0.3, 0.4) is 0 Å². The molecule has 1 aromatic carbocycles. The first-order valence-electron chi connectivity index (χ1n) is 7.11. The Morgan fingerprint density at radius 3 is 2.47 bits per heavy atom. The summed E-state index contributed by atoms with van der Waals surface area (Å²) in [5.41, 5.74) is 8.34. The van der Waals surface area contributed by atoms with Crippen LogP contribution < -0.4 is 15.4 Å². The van der Waals surface area contributed by atoms with E-state index in [1.165, 1.54) is 11.3 Å². The van der Waals surface area contributed by atoms with Crippen molar-refractivity contribution in [3.05, 3.63) is 23.8 Å². The Morgan fingerprint density at radius 1 is 1.32 bits per heavy atom. The predicted octanol–water partition coefficient (Wildman–Crippen LogP) is 2.92. The van der Waals surface area contributed by atoms with Gasteiger partial charge < -0.3 is 15.4 Å². The molecule has 0 bridgehead atoms. The molecular weight excluding hydrogens is 236 g/mol. The van der Waals surface area contributed by atoms with E-state index in [1.54, 1.807) is 7.11 Å². The van der Waals surface area contributed by atoms with Crippen molar-refractivity contribution in [1.82, 2.24) is 0 Å². The molecule has 1 aromatic rings. The van der Waals surface area contributed by atoms with Gasteiger partial charge in [-0.1, -0.05) is 20.8 Å². The summed E-state index contributed by atoms with van der Waals surface area (Å²) in [7, 11) is 3.85. The number of benzene rings is 1. The molecule has 108 valence electrons. The SMILES string of the molecule is CCc1cc(N(C)CC(CN)C(C)C)ccc1OC.